The Bertz CT molecular complexity index is 1130. The van der Waals surface area contributed by atoms with Crippen LogP contribution in [-0.4, -0.2) is 34.8 Å². The molecule has 1 aliphatic heterocycles. The molecule has 1 aliphatic rings. The number of carbonyl (C=O) groups is 1. The predicted octanol–water partition coefficient (Wildman–Crippen LogP) is 4.71. The minimum absolute atomic E-state index is 0.146. The highest BCUT2D eigenvalue weighted by Crippen LogP contribution is 2.36. The lowest BCUT2D eigenvalue weighted by atomic mass is 10.1. The second kappa shape index (κ2) is 10.2. The molecule has 0 radical (unpaired) electrons. The molecule has 0 amide bonds. The number of thiophene rings is 1. The molecule has 0 spiro atoms. The number of esters is 1. The topological polar surface area (TPSA) is 103 Å². The van der Waals surface area contributed by atoms with E-state index in [1.807, 2.05) is 24.4 Å². The highest BCUT2D eigenvalue weighted by Gasteiger charge is 2.25. The number of thioether (sulfide) groups is 1. The smallest absolute Gasteiger partial charge is 0.348 e. The SMILES string of the molecule is CCOC(=O)c1sc(N)c(C#N)c1CSc1ncc(-c2ccccc2)n1CC1CCCO1. The van der Waals surface area contributed by atoms with Crippen LogP contribution in [0, 0.1) is 11.3 Å². The van der Waals surface area contributed by atoms with E-state index in [0.717, 1.165) is 47.2 Å². The fraction of sp³-hybridized carbons (Fsp3) is 0.348. The number of nitrogens with zero attached hydrogens (tertiary/aromatic N) is 3. The Morgan fingerprint density at radius 3 is 2.94 bits per heavy atom. The monoisotopic (exact) mass is 468 g/mol. The number of anilines is 1. The van der Waals surface area contributed by atoms with Gasteiger partial charge in [0.25, 0.3) is 0 Å². The van der Waals surface area contributed by atoms with Gasteiger partial charge in [-0.1, -0.05) is 42.1 Å². The summed E-state index contributed by atoms with van der Waals surface area (Å²) in [6, 6.07) is 12.3. The quantitative estimate of drug-likeness (QED) is 0.377. The van der Waals surface area contributed by atoms with Crippen LogP contribution in [0.4, 0.5) is 5.00 Å². The number of nitrogen functional groups attached to an aromatic ring is 1. The van der Waals surface area contributed by atoms with Crippen molar-refractivity contribution in [2.45, 2.75) is 43.3 Å². The molecule has 32 heavy (non-hydrogen) atoms. The van der Waals surface area contributed by atoms with Crippen molar-refractivity contribution in [3.8, 4) is 17.3 Å². The minimum Gasteiger partial charge on any atom is -0.462 e. The third-order valence-corrected chi connectivity index (χ3v) is 7.31. The van der Waals surface area contributed by atoms with Crippen molar-refractivity contribution in [3.05, 3.63) is 52.5 Å². The molecule has 0 aliphatic carbocycles. The lowest BCUT2D eigenvalue weighted by molar-refractivity contribution is 0.0531. The Morgan fingerprint density at radius 2 is 2.25 bits per heavy atom. The molecule has 0 saturated carbocycles. The molecule has 2 N–H and O–H groups in total. The van der Waals surface area contributed by atoms with Gasteiger partial charge < -0.3 is 19.8 Å². The first-order valence-electron chi connectivity index (χ1n) is 10.5. The first-order valence-corrected chi connectivity index (χ1v) is 12.3. The number of imidazole rings is 1. The van der Waals surface area contributed by atoms with Crippen molar-refractivity contribution < 1.29 is 14.3 Å². The van der Waals surface area contributed by atoms with Crippen LogP contribution in [0.25, 0.3) is 11.3 Å². The van der Waals surface area contributed by atoms with E-state index in [1.54, 1.807) is 6.92 Å². The van der Waals surface area contributed by atoms with E-state index in [2.05, 4.69) is 27.8 Å². The number of carbonyl (C=O) groups excluding carboxylic acids is 1. The van der Waals surface area contributed by atoms with Crippen LogP contribution in [0.2, 0.25) is 0 Å². The summed E-state index contributed by atoms with van der Waals surface area (Å²) in [5, 5.41) is 10.7. The second-order valence-corrected chi connectivity index (χ2v) is 9.30. The van der Waals surface area contributed by atoms with Crippen LogP contribution in [0.15, 0.2) is 41.7 Å². The molecule has 9 heteroatoms. The molecule has 1 unspecified atom stereocenters. The average Bonchev–Trinajstić information content (AvgIpc) is 3.53. The van der Waals surface area contributed by atoms with Crippen LogP contribution in [0.5, 0.6) is 0 Å². The standard InChI is InChI=1S/C23H24N4O3S2/c1-2-29-22(28)20-18(17(11-24)21(25)32-20)14-31-23-26-12-19(15-7-4-3-5-8-15)27(23)13-16-9-6-10-30-16/h3-5,7-8,12,16H,2,6,9-10,13-14,25H2,1H3. The molecule has 3 heterocycles. The third-order valence-electron chi connectivity index (χ3n) is 5.25. The lowest BCUT2D eigenvalue weighted by Crippen LogP contribution is -2.16. The Kier molecular flexibility index (Phi) is 7.15. The molecule has 1 aromatic carbocycles. The summed E-state index contributed by atoms with van der Waals surface area (Å²) in [5.74, 6) is -0.0596. The zero-order valence-corrected chi connectivity index (χ0v) is 19.4. The van der Waals surface area contributed by atoms with Crippen molar-refractivity contribution in [1.29, 1.82) is 5.26 Å². The lowest BCUT2D eigenvalue weighted by Gasteiger charge is -2.16. The Morgan fingerprint density at radius 1 is 1.44 bits per heavy atom. The molecular formula is C23H24N4O3S2. The molecule has 1 atom stereocenters. The molecular weight excluding hydrogens is 444 g/mol. The fourth-order valence-corrected chi connectivity index (χ4v) is 5.76. The maximum atomic E-state index is 12.4. The van der Waals surface area contributed by atoms with Gasteiger partial charge in [-0.05, 0) is 25.3 Å². The number of rotatable bonds is 8. The van der Waals surface area contributed by atoms with E-state index < -0.39 is 5.97 Å². The number of hydrogen-bond donors (Lipinski definition) is 1. The zero-order chi connectivity index (χ0) is 22.5. The maximum Gasteiger partial charge on any atom is 0.348 e. The van der Waals surface area contributed by atoms with Gasteiger partial charge in [-0.25, -0.2) is 9.78 Å². The Labute approximate surface area is 195 Å². The van der Waals surface area contributed by atoms with Gasteiger partial charge in [0, 0.05) is 17.9 Å². The van der Waals surface area contributed by atoms with E-state index in [-0.39, 0.29) is 12.7 Å². The largest absolute Gasteiger partial charge is 0.462 e. The molecule has 7 nitrogen and oxygen atoms in total. The number of aromatic nitrogens is 2. The van der Waals surface area contributed by atoms with E-state index >= 15 is 0 Å². The van der Waals surface area contributed by atoms with Crippen molar-refractivity contribution in [2.24, 2.45) is 0 Å². The number of ether oxygens (including phenoxy) is 2. The van der Waals surface area contributed by atoms with Crippen molar-refractivity contribution in [3.63, 3.8) is 0 Å². The van der Waals surface area contributed by atoms with Crippen molar-refractivity contribution in [1.82, 2.24) is 9.55 Å². The molecule has 2 aromatic heterocycles. The number of hydrogen-bond acceptors (Lipinski definition) is 8. The van der Waals surface area contributed by atoms with E-state index in [9.17, 15) is 10.1 Å². The zero-order valence-electron chi connectivity index (χ0n) is 17.7. The summed E-state index contributed by atoms with van der Waals surface area (Å²) in [5.41, 5.74) is 9.05. The molecule has 1 saturated heterocycles. The summed E-state index contributed by atoms with van der Waals surface area (Å²) in [7, 11) is 0. The van der Waals surface area contributed by atoms with Crippen LogP contribution in [0.3, 0.4) is 0 Å². The molecule has 3 aromatic rings. The molecule has 1 fully saturated rings. The van der Waals surface area contributed by atoms with Gasteiger partial charge in [0.05, 0.1) is 36.7 Å². The van der Waals surface area contributed by atoms with Crippen LogP contribution >= 0.6 is 23.1 Å². The maximum absolute atomic E-state index is 12.4. The summed E-state index contributed by atoms with van der Waals surface area (Å²) >= 11 is 2.58. The van der Waals surface area contributed by atoms with Gasteiger partial charge in [0.15, 0.2) is 5.16 Å². The van der Waals surface area contributed by atoms with Crippen molar-refractivity contribution >= 4 is 34.1 Å². The van der Waals surface area contributed by atoms with Gasteiger partial charge in [-0.15, -0.1) is 11.3 Å². The Hall–Kier alpha value is -2.80. The number of benzene rings is 1. The van der Waals surface area contributed by atoms with E-state index in [4.69, 9.17) is 15.2 Å². The second-order valence-electron chi connectivity index (χ2n) is 7.31. The highest BCUT2D eigenvalue weighted by atomic mass is 32.2. The van der Waals surface area contributed by atoms with Crippen LogP contribution < -0.4 is 5.73 Å². The normalized spacial score (nSPS) is 15.6. The Balaban J connectivity index is 1.65. The summed E-state index contributed by atoms with van der Waals surface area (Å²) in [4.78, 5) is 17.5. The van der Waals surface area contributed by atoms with Gasteiger partial charge in [0.1, 0.15) is 15.9 Å². The van der Waals surface area contributed by atoms with Crippen LogP contribution in [0.1, 0.15) is 40.6 Å². The first-order chi connectivity index (χ1) is 15.6. The number of nitrogens with two attached hydrogens (primary N) is 1. The summed E-state index contributed by atoms with van der Waals surface area (Å²) in [6.07, 6.45) is 4.09. The van der Waals surface area contributed by atoms with E-state index in [1.165, 1.54) is 11.8 Å². The molecule has 166 valence electrons. The highest BCUT2D eigenvalue weighted by molar-refractivity contribution is 7.98. The van der Waals surface area contributed by atoms with Crippen molar-refractivity contribution in [2.75, 3.05) is 18.9 Å². The van der Waals surface area contributed by atoms with Gasteiger partial charge >= 0.3 is 5.97 Å². The average molecular weight is 469 g/mol. The molecule has 4 rings (SSSR count). The summed E-state index contributed by atoms with van der Waals surface area (Å²) < 4.78 is 13.2. The first kappa shape index (κ1) is 22.4. The minimum atomic E-state index is -0.450. The van der Waals surface area contributed by atoms with Gasteiger partial charge in [0.2, 0.25) is 0 Å². The predicted molar refractivity (Wildman–Crippen MR) is 126 cm³/mol. The van der Waals surface area contributed by atoms with Crippen LogP contribution in [-0.2, 0) is 21.8 Å². The van der Waals surface area contributed by atoms with E-state index in [0.29, 0.717) is 33.3 Å². The van der Waals surface area contributed by atoms with Gasteiger partial charge in [-0.3, -0.25) is 0 Å². The molecule has 0 bridgehead atoms. The third kappa shape index (κ3) is 4.67. The van der Waals surface area contributed by atoms with Gasteiger partial charge in [-0.2, -0.15) is 5.26 Å². The summed E-state index contributed by atoms with van der Waals surface area (Å²) in [6.45, 7) is 3.50. The number of nitriles is 1. The fourth-order valence-electron chi connectivity index (χ4n) is 3.73.